The molecule has 0 spiro atoms. The lowest BCUT2D eigenvalue weighted by Gasteiger charge is -2.48. The van der Waals surface area contributed by atoms with Gasteiger partial charge in [-0.25, -0.2) is 0 Å². The maximum absolute atomic E-state index is 11.5. The SMILES string of the molecule is O=C(O)C1CCC1(c1ccccc1)c1ccccc1. The smallest absolute Gasteiger partial charge is 0.307 e. The summed E-state index contributed by atoms with van der Waals surface area (Å²) in [6.45, 7) is 0. The summed E-state index contributed by atoms with van der Waals surface area (Å²) < 4.78 is 0. The molecule has 0 aromatic heterocycles. The van der Waals surface area contributed by atoms with Crippen molar-refractivity contribution in [2.24, 2.45) is 5.92 Å². The van der Waals surface area contributed by atoms with Crippen molar-refractivity contribution in [3.05, 3.63) is 71.8 Å². The third-order valence-corrected chi connectivity index (χ3v) is 4.30. The summed E-state index contributed by atoms with van der Waals surface area (Å²) in [5.41, 5.74) is 1.87. The molecule has 0 saturated heterocycles. The van der Waals surface area contributed by atoms with Gasteiger partial charge in [-0.05, 0) is 24.0 Å². The minimum absolute atomic E-state index is 0.322. The molecule has 96 valence electrons. The van der Waals surface area contributed by atoms with Gasteiger partial charge in [0.15, 0.2) is 0 Å². The van der Waals surface area contributed by atoms with Crippen LogP contribution in [-0.2, 0) is 10.2 Å². The van der Waals surface area contributed by atoms with E-state index in [1.807, 2.05) is 60.7 Å². The van der Waals surface area contributed by atoms with Crippen LogP contribution in [0.15, 0.2) is 60.7 Å². The number of carboxylic acids is 1. The lowest BCUT2D eigenvalue weighted by Crippen LogP contribution is -2.49. The van der Waals surface area contributed by atoms with Gasteiger partial charge in [0.25, 0.3) is 0 Å². The van der Waals surface area contributed by atoms with Crippen LogP contribution in [0.5, 0.6) is 0 Å². The van der Waals surface area contributed by atoms with Gasteiger partial charge in [0.2, 0.25) is 0 Å². The molecule has 0 radical (unpaired) electrons. The highest BCUT2D eigenvalue weighted by molar-refractivity contribution is 5.76. The van der Waals surface area contributed by atoms with E-state index in [0.29, 0.717) is 0 Å². The fourth-order valence-corrected chi connectivity index (χ4v) is 3.24. The maximum atomic E-state index is 11.5. The zero-order valence-corrected chi connectivity index (χ0v) is 10.6. The highest BCUT2D eigenvalue weighted by Gasteiger charge is 2.52. The van der Waals surface area contributed by atoms with Crippen LogP contribution in [0.3, 0.4) is 0 Å². The van der Waals surface area contributed by atoms with Crippen molar-refractivity contribution in [2.45, 2.75) is 18.3 Å². The summed E-state index contributed by atoms with van der Waals surface area (Å²) in [5.74, 6) is -1.02. The Bertz CT molecular complexity index is 535. The predicted octanol–water partition coefficient (Wildman–Crippen LogP) is 3.47. The van der Waals surface area contributed by atoms with Crippen LogP contribution in [0.1, 0.15) is 24.0 Å². The lowest BCUT2D eigenvalue weighted by molar-refractivity contribution is -0.148. The quantitative estimate of drug-likeness (QED) is 0.908. The second kappa shape index (κ2) is 4.54. The minimum Gasteiger partial charge on any atom is -0.481 e. The highest BCUT2D eigenvalue weighted by Crippen LogP contribution is 2.53. The summed E-state index contributed by atoms with van der Waals surface area (Å²) >= 11 is 0. The molecule has 1 aliphatic rings. The number of rotatable bonds is 3. The second-order valence-electron chi connectivity index (χ2n) is 5.13. The summed E-state index contributed by atoms with van der Waals surface area (Å²) in [6.07, 6.45) is 1.65. The summed E-state index contributed by atoms with van der Waals surface area (Å²) in [6, 6.07) is 20.0. The Hall–Kier alpha value is -2.09. The standard InChI is InChI=1S/C17H16O2/c18-16(19)15-11-12-17(15,13-7-3-1-4-8-13)14-9-5-2-6-10-14/h1-10,15H,11-12H2,(H,18,19). The van der Waals surface area contributed by atoms with Crippen LogP contribution in [-0.4, -0.2) is 11.1 Å². The van der Waals surface area contributed by atoms with Gasteiger partial charge in [-0.3, -0.25) is 4.79 Å². The molecule has 0 bridgehead atoms. The van der Waals surface area contributed by atoms with Crippen molar-refractivity contribution in [3.63, 3.8) is 0 Å². The van der Waals surface area contributed by atoms with Crippen LogP contribution in [0.2, 0.25) is 0 Å². The molecule has 1 fully saturated rings. The van der Waals surface area contributed by atoms with Gasteiger partial charge in [-0.15, -0.1) is 0 Å². The van der Waals surface area contributed by atoms with Gasteiger partial charge in [0, 0.05) is 5.41 Å². The molecule has 1 N–H and O–H groups in total. The molecule has 0 amide bonds. The average molecular weight is 252 g/mol. The van der Waals surface area contributed by atoms with Gasteiger partial charge < -0.3 is 5.11 Å². The fraction of sp³-hybridized carbons (Fsp3) is 0.235. The van der Waals surface area contributed by atoms with Gasteiger partial charge in [-0.1, -0.05) is 60.7 Å². The van der Waals surface area contributed by atoms with Crippen molar-refractivity contribution < 1.29 is 9.90 Å². The van der Waals surface area contributed by atoms with Crippen LogP contribution in [0.4, 0.5) is 0 Å². The molecule has 2 heteroatoms. The molecule has 1 aliphatic carbocycles. The van der Waals surface area contributed by atoms with E-state index in [-0.39, 0.29) is 11.3 Å². The second-order valence-corrected chi connectivity index (χ2v) is 5.13. The molecule has 0 aliphatic heterocycles. The number of carboxylic acid groups (broad SMARTS) is 1. The zero-order valence-electron chi connectivity index (χ0n) is 10.6. The van der Waals surface area contributed by atoms with E-state index in [1.165, 1.54) is 0 Å². The van der Waals surface area contributed by atoms with E-state index >= 15 is 0 Å². The van der Waals surface area contributed by atoms with Crippen molar-refractivity contribution >= 4 is 5.97 Å². The van der Waals surface area contributed by atoms with Gasteiger partial charge in [-0.2, -0.15) is 0 Å². The predicted molar refractivity (Wildman–Crippen MR) is 74.0 cm³/mol. The van der Waals surface area contributed by atoms with Crippen molar-refractivity contribution in [1.29, 1.82) is 0 Å². The van der Waals surface area contributed by atoms with E-state index in [2.05, 4.69) is 0 Å². The van der Waals surface area contributed by atoms with Crippen molar-refractivity contribution in [3.8, 4) is 0 Å². The number of benzene rings is 2. The maximum Gasteiger partial charge on any atom is 0.307 e. The fourth-order valence-electron chi connectivity index (χ4n) is 3.24. The minimum atomic E-state index is -0.695. The normalized spacial score (nSPS) is 20.5. The highest BCUT2D eigenvalue weighted by atomic mass is 16.4. The monoisotopic (exact) mass is 252 g/mol. The Morgan fingerprint density at radius 2 is 1.42 bits per heavy atom. The molecule has 2 aromatic carbocycles. The largest absolute Gasteiger partial charge is 0.481 e. The van der Waals surface area contributed by atoms with E-state index in [4.69, 9.17) is 0 Å². The Labute approximate surface area is 112 Å². The summed E-state index contributed by atoms with van der Waals surface area (Å²) in [5, 5.41) is 9.49. The Kier molecular flexibility index (Phi) is 2.86. The summed E-state index contributed by atoms with van der Waals surface area (Å²) in [7, 11) is 0. The van der Waals surface area contributed by atoms with Crippen LogP contribution < -0.4 is 0 Å². The first-order valence-corrected chi connectivity index (χ1v) is 6.59. The first-order chi connectivity index (χ1) is 9.25. The van der Waals surface area contributed by atoms with E-state index in [0.717, 1.165) is 24.0 Å². The molecule has 1 saturated carbocycles. The Balaban J connectivity index is 2.15. The topological polar surface area (TPSA) is 37.3 Å². The molecule has 3 rings (SSSR count). The molecular weight excluding hydrogens is 236 g/mol. The van der Waals surface area contributed by atoms with Crippen LogP contribution in [0.25, 0.3) is 0 Å². The summed E-state index contributed by atoms with van der Waals surface area (Å²) in [4.78, 5) is 11.5. The molecular formula is C17H16O2. The third kappa shape index (κ3) is 1.75. The molecule has 2 aromatic rings. The first-order valence-electron chi connectivity index (χ1n) is 6.59. The molecule has 0 heterocycles. The van der Waals surface area contributed by atoms with E-state index < -0.39 is 5.97 Å². The average Bonchev–Trinajstić information content (AvgIpc) is 2.40. The number of hydrogen-bond acceptors (Lipinski definition) is 1. The third-order valence-electron chi connectivity index (χ3n) is 4.30. The van der Waals surface area contributed by atoms with E-state index in [1.54, 1.807) is 0 Å². The first kappa shape index (κ1) is 12.0. The van der Waals surface area contributed by atoms with Crippen molar-refractivity contribution in [1.82, 2.24) is 0 Å². The molecule has 1 unspecified atom stereocenters. The van der Waals surface area contributed by atoms with Crippen molar-refractivity contribution in [2.75, 3.05) is 0 Å². The molecule has 1 atom stereocenters. The van der Waals surface area contributed by atoms with Crippen LogP contribution >= 0.6 is 0 Å². The zero-order chi connectivity index (χ0) is 13.3. The van der Waals surface area contributed by atoms with Crippen LogP contribution in [0, 0.1) is 5.92 Å². The lowest BCUT2D eigenvalue weighted by atomic mass is 9.53. The van der Waals surface area contributed by atoms with Gasteiger partial charge in [0.1, 0.15) is 0 Å². The Morgan fingerprint density at radius 1 is 0.947 bits per heavy atom. The van der Waals surface area contributed by atoms with E-state index in [9.17, 15) is 9.90 Å². The molecule has 19 heavy (non-hydrogen) atoms. The van der Waals surface area contributed by atoms with Gasteiger partial charge >= 0.3 is 5.97 Å². The number of carbonyl (C=O) groups is 1. The number of aliphatic carboxylic acids is 1. The van der Waals surface area contributed by atoms with Gasteiger partial charge in [0.05, 0.1) is 5.92 Å². The molecule has 2 nitrogen and oxygen atoms in total. The number of hydrogen-bond donors (Lipinski definition) is 1. The Morgan fingerprint density at radius 3 is 1.74 bits per heavy atom.